The molecule has 13 heavy (non-hydrogen) atoms. The summed E-state index contributed by atoms with van der Waals surface area (Å²) in [6.07, 6.45) is 7.32. The van der Waals surface area contributed by atoms with Gasteiger partial charge in [0.25, 0.3) is 0 Å². The summed E-state index contributed by atoms with van der Waals surface area (Å²) in [6, 6.07) is 0.885. The predicted molar refractivity (Wildman–Crippen MR) is 56.7 cm³/mol. The third-order valence-corrected chi connectivity index (χ3v) is 4.10. The molecule has 0 radical (unpaired) electrons. The van der Waals surface area contributed by atoms with E-state index in [9.17, 15) is 0 Å². The summed E-state index contributed by atoms with van der Waals surface area (Å²) in [4.78, 5) is 0. The quantitative estimate of drug-likeness (QED) is 0.687. The molecule has 1 nitrogen and oxygen atoms in total. The van der Waals surface area contributed by atoms with Crippen LogP contribution in [0.1, 0.15) is 46.0 Å². The normalized spacial score (nSPS) is 28.2. The van der Waals surface area contributed by atoms with Crippen molar-refractivity contribution in [3.05, 3.63) is 0 Å². The summed E-state index contributed by atoms with van der Waals surface area (Å²) in [6.45, 7) is 6.11. The fourth-order valence-corrected chi connectivity index (χ4v) is 2.26. The van der Waals surface area contributed by atoms with Gasteiger partial charge in [0, 0.05) is 6.04 Å². The molecular weight excluding hydrogens is 158 g/mol. The first-order valence-corrected chi connectivity index (χ1v) is 6.00. The van der Waals surface area contributed by atoms with Gasteiger partial charge in [0.05, 0.1) is 0 Å². The number of hydrogen-bond donors (Lipinski definition) is 1. The fraction of sp³-hybridized carbons (Fsp3) is 1.00. The lowest BCUT2D eigenvalue weighted by Crippen LogP contribution is -2.32. The van der Waals surface area contributed by atoms with E-state index in [0.29, 0.717) is 0 Å². The van der Waals surface area contributed by atoms with Gasteiger partial charge in [-0.15, -0.1) is 0 Å². The SMILES string of the molecule is CC(CNC1CC1)C(C)C1CCC1. The van der Waals surface area contributed by atoms with E-state index in [1.807, 2.05) is 0 Å². The molecule has 2 fully saturated rings. The standard InChI is InChI=1S/C12H23N/c1-9(8-13-12-6-7-12)10(2)11-4-3-5-11/h9-13H,3-8H2,1-2H3. The first-order chi connectivity index (χ1) is 6.27. The van der Waals surface area contributed by atoms with Gasteiger partial charge >= 0.3 is 0 Å². The van der Waals surface area contributed by atoms with Crippen molar-refractivity contribution in [2.45, 2.75) is 52.0 Å². The van der Waals surface area contributed by atoms with Crippen LogP contribution in [0.25, 0.3) is 0 Å². The highest BCUT2D eigenvalue weighted by atomic mass is 14.9. The molecule has 0 aromatic heterocycles. The van der Waals surface area contributed by atoms with Crippen LogP contribution >= 0.6 is 0 Å². The molecule has 0 heterocycles. The number of hydrogen-bond acceptors (Lipinski definition) is 1. The van der Waals surface area contributed by atoms with Crippen molar-refractivity contribution in [1.29, 1.82) is 0 Å². The molecule has 1 N–H and O–H groups in total. The predicted octanol–water partition coefficient (Wildman–Crippen LogP) is 2.81. The zero-order chi connectivity index (χ0) is 9.26. The van der Waals surface area contributed by atoms with Crippen LogP contribution in [0.2, 0.25) is 0 Å². The van der Waals surface area contributed by atoms with Crippen LogP contribution in [0, 0.1) is 17.8 Å². The van der Waals surface area contributed by atoms with E-state index < -0.39 is 0 Å². The lowest BCUT2D eigenvalue weighted by atomic mass is 9.72. The average molecular weight is 181 g/mol. The Morgan fingerprint density at radius 2 is 1.85 bits per heavy atom. The van der Waals surface area contributed by atoms with Gasteiger partial charge in [-0.25, -0.2) is 0 Å². The van der Waals surface area contributed by atoms with Crippen LogP contribution in [0.5, 0.6) is 0 Å². The molecule has 2 unspecified atom stereocenters. The number of nitrogens with one attached hydrogen (secondary N) is 1. The lowest BCUT2D eigenvalue weighted by Gasteiger charge is -2.35. The minimum atomic E-state index is 0.880. The highest BCUT2D eigenvalue weighted by Gasteiger charge is 2.28. The monoisotopic (exact) mass is 181 g/mol. The Labute approximate surface area is 82.3 Å². The molecule has 2 atom stereocenters. The van der Waals surface area contributed by atoms with Crippen molar-refractivity contribution in [1.82, 2.24) is 5.32 Å². The highest BCUT2D eigenvalue weighted by molar-refractivity contribution is 4.84. The molecule has 76 valence electrons. The van der Waals surface area contributed by atoms with Crippen LogP contribution in [0.15, 0.2) is 0 Å². The van der Waals surface area contributed by atoms with Gasteiger partial charge in [-0.2, -0.15) is 0 Å². The Morgan fingerprint density at radius 3 is 2.31 bits per heavy atom. The van der Waals surface area contributed by atoms with E-state index in [-0.39, 0.29) is 0 Å². The molecule has 0 aliphatic heterocycles. The molecule has 1 heteroatoms. The Hall–Kier alpha value is -0.0400. The van der Waals surface area contributed by atoms with Crippen LogP contribution in [-0.4, -0.2) is 12.6 Å². The van der Waals surface area contributed by atoms with Crippen molar-refractivity contribution >= 4 is 0 Å². The minimum Gasteiger partial charge on any atom is -0.314 e. The summed E-state index contributed by atoms with van der Waals surface area (Å²) in [5.74, 6) is 2.88. The maximum Gasteiger partial charge on any atom is 0.00683 e. The van der Waals surface area contributed by atoms with Gasteiger partial charge in [-0.05, 0) is 37.1 Å². The second kappa shape index (κ2) is 4.00. The molecule has 0 saturated heterocycles. The van der Waals surface area contributed by atoms with Gasteiger partial charge in [0.2, 0.25) is 0 Å². The molecule has 0 amide bonds. The van der Waals surface area contributed by atoms with Crippen LogP contribution in [0.4, 0.5) is 0 Å². The van der Waals surface area contributed by atoms with E-state index in [2.05, 4.69) is 19.2 Å². The molecule has 2 saturated carbocycles. The lowest BCUT2D eigenvalue weighted by molar-refractivity contribution is 0.165. The van der Waals surface area contributed by atoms with E-state index in [1.54, 1.807) is 0 Å². The first-order valence-electron chi connectivity index (χ1n) is 6.00. The molecule has 0 bridgehead atoms. The largest absolute Gasteiger partial charge is 0.314 e. The van der Waals surface area contributed by atoms with Crippen molar-refractivity contribution < 1.29 is 0 Å². The molecule has 0 aromatic carbocycles. The third kappa shape index (κ3) is 2.46. The van der Waals surface area contributed by atoms with Gasteiger partial charge in [-0.1, -0.05) is 33.1 Å². The topological polar surface area (TPSA) is 12.0 Å². The van der Waals surface area contributed by atoms with E-state index in [4.69, 9.17) is 0 Å². The Balaban J connectivity index is 1.64. The van der Waals surface area contributed by atoms with Crippen molar-refractivity contribution in [2.75, 3.05) is 6.54 Å². The van der Waals surface area contributed by atoms with Gasteiger partial charge in [-0.3, -0.25) is 0 Å². The van der Waals surface area contributed by atoms with Crippen molar-refractivity contribution in [2.24, 2.45) is 17.8 Å². The Bertz CT molecular complexity index is 159. The van der Waals surface area contributed by atoms with Gasteiger partial charge in [0.1, 0.15) is 0 Å². The molecule has 0 aromatic rings. The van der Waals surface area contributed by atoms with Gasteiger partial charge in [0.15, 0.2) is 0 Å². The molecule has 2 aliphatic carbocycles. The fourth-order valence-electron chi connectivity index (χ4n) is 2.26. The Kier molecular flexibility index (Phi) is 2.92. The van der Waals surface area contributed by atoms with Crippen molar-refractivity contribution in [3.63, 3.8) is 0 Å². The summed E-state index contributed by atoms with van der Waals surface area (Å²) in [7, 11) is 0. The minimum absolute atomic E-state index is 0.880. The maximum absolute atomic E-state index is 3.64. The van der Waals surface area contributed by atoms with E-state index in [0.717, 1.165) is 23.8 Å². The second-order valence-electron chi connectivity index (χ2n) is 5.21. The smallest absolute Gasteiger partial charge is 0.00683 e. The first kappa shape index (κ1) is 9.51. The average Bonchev–Trinajstić information content (AvgIpc) is 2.79. The zero-order valence-electron chi connectivity index (χ0n) is 9.05. The summed E-state index contributed by atoms with van der Waals surface area (Å²) in [5.41, 5.74) is 0. The van der Waals surface area contributed by atoms with E-state index in [1.165, 1.54) is 38.6 Å². The highest BCUT2D eigenvalue weighted by Crippen LogP contribution is 2.36. The van der Waals surface area contributed by atoms with E-state index >= 15 is 0 Å². The maximum atomic E-state index is 3.64. The summed E-state index contributed by atoms with van der Waals surface area (Å²) in [5, 5.41) is 3.64. The third-order valence-electron chi connectivity index (χ3n) is 4.10. The Morgan fingerprint density at radius 1 is 1.15 bits per heavy atom. The summed E-state index contributed by atoms with van der Waals surface area (Å²) < 4.78 is 0. The second-order valence-corrected chi connectivity index (χ2v) is 5.21. The van der Waals surface area contributed by atoms with Crippen molar-refractivity contribution in [3.8, 4) is 0 Å². The summed E-state index contributed by atoms with van der Waals surface area (Å²) >= 11 is 0. The number of rotatable bonds is 5. The van der Waals surface area contributed by atoms with Crippen LogP contribution < -0.4 is 5.32 Å². The molecule has 2 aliphatic rings. The molecule has 2 rings (SSSR count). The molecule has 0 spiro atoms. The zero-order valence-corrected chi connectivity index (χ0v) is 9.05. The van der Waals surface area contributed by atoms with Crippen LogP contribution in [-0.2, 0) is 0 Å². The van der Waals surface area contributed by atoms with Gasteiger partial charge < -0.3 is 5.32 Å². The molecular formula is C12H23N. The van der Waals surface area contributed by atoms with Crippen LogP contribution in [0.3, 0.4) is 0 Å².